The summed E-state index contributed by atoms with van der Waals surface area (Å²) in [5.74, 6) is -0.181. The quantitative estimate of drug-likeness (QED) is 0.428. The lowest BCUT2D eigenvalue weighted by Gasteiger charge is -2.16. The van der Waals surface area contributed by atoms with Gasteiger partial charge in [0.25, 0.3) is 0 Å². The molecule has 0 aliphatic carbocycles. The molecule has 1 N–H and O–H groups in total. The van der Waals surface area contributed by atoms with Crippen molar-refractivity contribution in [3.05, 3.63) is 0 Å². The second kappa shape index (κ2) is 2.27. The summed E-state index contributed by atoms with van der Waals surface area (Å²) in [5.41, 5.74) is 0. The van der Waals surface area contributed by atoms with Gasteiger partial charge in [0.1, 0.15) is 0 Å². The Bertz CT molecular complexity index is 146. The molecule has 1 aliphatic rings. The van der Waals surface area contributed by atoms with Crippen molar-refractivity contribution < 1.29 is 9.90 Å². The third-order valence-corrected chi connectivity index (χ3v) is 2.35. The number of rotatable bonds is 0. The molecule has 0 bridgehead atoms. The molecule has 0 spiro atoms. The lowest BCUT2D eigenvalue weighted by Crippen LogP contribution is -2.31. The smallest absolute Gasteiger partial charge is 0.221 e. The Balaban J connectivity index is 2.78. The van der Waals surface area contributed by atoms with Gasteiger partial charge in [-0.05, 0) is 6.92 Å². The molecule has 0 aromatic heterocycles. The van der Waals surface area contributed by atoms with E-state index in [-0.39, 0.29) is 17.9 Å². The van der Waals surface area contributed by atoms with Crippen molar-refractivity contribution in [2.45, 2.75) is 26.0 Å². The van der Waals surface area contributed by atoms with Crippen LogP contribution in [0.5, 0.6) is 0 Å². The summed E-state index contributed by atoms with van der Waals surface area (Å²) in [6, 6.07) is -0.0255. The maximum absolute atomic E-state index is 11.1. The van der Waals surface area contributed by atoms with Crippen LogP contribution in [0, 0.1) is 5.92 Å². The number of hydrogen-bond donors (Lipinski definition) is 1. The molecule has 3 nitrogen and oxygen atoms in total. The molecule has 1 saturated heterocycles. The molecule has 0 saturated carbocycles. The molecule has 1 aliphatic heterocycles. The number of carbonyl (C=O) groups is 1. The number of aliphatic hydroxyl groups is 1. The van der Waals surface area contributed by atoms with Gasteiger partial charge in [-0.1, -0.05) is 6.92 Å². The van der Waals surface area contributed by atoms with E-state index in [0.717, 1.165) is 0 Å². The molecule has 3 atom stereocenters. The van der Waals surface area contributed by atoms with Crippen LogP contribution in [0.15, 0.2) is 0 Å². The van der Waals surface area contributed by atoms with Gasteiger partial charge in [0, 0.05) is 6.04 Å². The SMILES string of the molecule is BN1C(=O)C(C)C(O)C1C. The normalized spacial score (nSPS) is 40.9. The molecule has 1 heterocycles. The maximum atomic E-state index is 11.1. The van der Waals surface area contributed by atoms with Crippen LogP contribution in [0.25, 0.3) is 0 Å². The predicted molar refractivity (Wildman–Crippen MR) is 40.0 cm³/mol. The highest BCUT2D eigenvalue weighted by molar-refractivity contribution is 6.15. The van der Waals surface area contributed by atoms with Crippen LogP contribution < -0.4 is 0 Å². The molecule has 1 rings (SSSR count). The molecule has 0 radical (unpaired) electrons. The highest BCUT2D eigenvalue weighted by Gasteiger charge is 2.39. The largest absolute Gasteiger partial charge is 0.390 e. The molecular formula is C6H12BNO2. The molecule has 0 aromatic carbocycles. The fourth-order valence-electron chi connectivity index (χ4n) is 1.31. The van der Waals surface area contributed by atoms with Crippen LogP contribution in [0.2, 0.25) is 0 Å². The van der Waals surface area contributed by atoms with E-state index in [9.17, 15) is 9.90 Å². The average molecular weight is 141 g/mol. The Hall–Kier alpha value is -0.505. The first kappa shape index (κ1) is 7.60. The second-order valence-electron chi connectivity index (χ2n) is 2.97. The Morgan fingerprint density at radius 3 is 2.20 bits per heavy atom. The molecule has 3 unspecified atom stereocenters. The van der Waals surface area contributed by atoms with Crippen LogP contribution in [0.3, 0.4) is 0 Å². The average Bonchev–Trinajstić information content (AvgIpc) is 2.07. The molecule has 56 valence electrons. The minimum absolute atomic E-state index is 0.0255. The van der Waals surface area contributed by atoms with Crippen molar-refractivity contribution in [1.82, 2.24) is 4.81 Å². The monoisotopic (exact) mass is 141 g/mol. The van der Waals surface area contributed by atoms with Crippen LogP contribution in [0.4, 0.5) is 0 Å². The number of aliphatic hydroxyl groups excluding tert-OH is 1. The lowest BCUT2D eigenvalue weighted by molar-refractivity contribution is -0.127. The van der Waals surface area contributed by atoms with Crippen molar-refractivity contribution >= 4 is 13.9 Å². The van der Waals surface area contributed by atoms with E-state index in [4.69, 9.17) is 0 Å². The van der Waals surface area contributed by atoms with Gasteiger partial charge in [-0.2, -0.15) is 0 Å². The second-order valence-corrected chi connectivity index (χ2v) is 2.97. The predicted octanol–water partition coefficient (Wildman–Crippen LogP) is -1.24. The molecule has 4 heteroatoms. The fraction of sp³-hybridized carbons (Fsp3) is 0.833. The summed E-state index contributed by atoms with van der Waals surface area (Å²) < 4.78 is 0. The van der Waals surface area contributed by atoms with Crippen molar-refractivity contribution in [2.75, 3.05) is 0 Å². The van der Waals surface area contributed by atoms with E-state index in [1.54, 1.807) is 19.7 Å². The van der Waals surface area contributed by atoms with Crippen molar-refractivity contribution in [3.8, 4) is 0 Å². The van der Waals surface area contributed by atoms with Crippen molar-refractivity contribution in [2.24, 2.45) is 5.92 Å². The van der Waals surface area contributed by atoms with E-state index in [2.05, 4.69) is 0 Å². The summed E-state index contributed by atoms with van der Waals surface area (Å²) in [6.45, 7) is 3.61. The molecule has 0 aromatic rings. The molecular weight excluding hydrogens is 129 g/mol. The zero-order valence-electron chi connectivity index (χ0n) is 6.53. The van der Waals surface area contributed by atoms with Crippen LogP contribution in [-0.4, -0.2) is 36.0 Å². The summed E-state index contributed by atoms with van der Waals surface area (Å²) in [4.78, 5) is 12.7. The molecule has 1 amide bonds. The third kappa shape index (κ3) is 0.832. The standard InChI is InChI=1S/C6H12BNO2/c1-3-5(9)4(2)8(7)6(3)10/h3-5,9H,7H2,1-2H3. The number of carbonyl (C=O) groups excluding carboxylic acids is 1. The number of amides is 1. The summed E-state index contributed by atoms with van der Waals surface area (Å²) in [6.07, 6.45) is -0.488. The zero-order valence-corrected chi connectivity index (χ0v) is 6.53. The van der Waals surface area contributed by atoms with E-state index >= 15 is 0 Å². The van der Waals surface area contributed by atoms with Crippen LogP contribution in [0.1, 0.15) is 13.8 Å². The van der Waals surface area contributed by atoms with Gasteiger partial charge in [0.05, 0.1) is 12.0 Å². The van der Waals surface area contributed by atoms with Crippen LogP contribution in [-0.2, 0) is 4.79 Å². The number of nitrogens with zero attached hydrogens (tertiary/aromatic N) is 1. The Kier molecular flexibility index (Phi) is 1.73. The third-order valence-electron chi connectivity index (χ3n) is 2.35. The van der Waals surface area contributed by atoms with Gasteiger partial charge >= 0.3 is 0 Å². The van der Waals surface area contributed by atoms with Crippen molar-refractivity contribution in [3.63, 3.8) is 0 Å². The topological polar surface area (TPSA) is 40.5 Å². The lowest BCUT2D eigenvalue weighted by atomic mass is 10.1. The first-order valence-corrected chi connectivity index (χ1v) is 3.50. The summed E-state index contributed by atoms with van der Waals surface area (Å²) in [5, 5.41) is 9.34. The Morgan fingerprint density at radius 1 is 1.60 bits per heavy atom. The first-order valence-electron chi connectivity index (χ1n) is 3.50. The number of hydrogen-bond acceptors (Lipinski definition) is 2. The van der Waals surface area contributed by atoms with Crippen LogP contribution >= 0.6 is 0 Å². The summed E-state index contributed by atoms with van der Waals surface area (Å²) in [7, 11) is 1.72. The van der Waals surface area contributed by atoms with Gasteiger partial charge in [0.2, 0.25) is 13.9 Å². The highest BCUT2D eigenvalue weighted by atomic mass is 16.3. The van der Waals surface area contributed by atoms with Gasteiger partial charge in [-0.25, -0.2) is 0 Å². The minimum Gasteiger partial charge on any atom is -0.390 e. The minimum atomic E-state index is -0.488. The maximum Gasteiger partial charge on any atom is 0.221 e. The highest BCUT2D eigenvalue weighted by Crippen LogP contribution is 2.21. The Labute approximate surface area is 61.4 Å². The van der Waals surface area contributed by atoms with E-state index < -0.39 is 6.10 Å². The van der Waals surface area contributed by atoms with E-state index in [1.165, 1.54) is 0 Å². The summed E-state index contributed by atoms with van der Waals surface area (Å²) >= 11 is 0. The van der Waals surface area contributed by atoms with Gasteiger partial charge in [-0.15, -0.1) is 0 Å². The molecule has 1 fully saturated rings. The van der Waals surface area contributed by atoms with Gasteiger partial charge in [0.15, 0.2) is 0 Å². The first-order chi connectivity index (χ1) is 4.55. The zero-order chi connectivity index (χ0) is 7.89. The molecule has 10 heavy (non-hydrogen) atoms. The Morgan fingerprint density at radius 2 is 2.10 bits per heavy atom. The van der Waals surface area contributed by atoms with Gasteiger partial charge < -0.3 is 9.92 Å². The van der Waals surface area contributed by atoms with Crippen molar-refractivity contribution in [1.29, 1.82) is 0 Å². The van der Waals surface area contributed by atoms with E-state index in [1.807, 2.05) is 6.92 Å². The van der Waals surface area contributed by atoms with Gasteiger partial charge in [-0.3, -0.25) is 4.79 Å². The van der Waals surface area contributed by atoms with E-state index in [0.29, 0.717) is 0 Å². The fourth-order valence-corrected chi connectivity index (χ4v) is 1.31.